The molecule has 1 aliphatic rings. The number of nitrogens with zero attached hydrogens (tertiary/aromatic N) is 3. The maximum atomic E-state index is 12.2. The molecular weight excluding hydrogens is 404 g/mol. The van der Waals surface area contributed by atoms with Gasteiger partial charge in [0.1, 0.15) is 17.4 Å². The molecule has 160 valence electrons. The number of Topliss-reactive ketones (excluding diaryl/α,β-unsaturated/α-hetero) is 1. The van der Waals surface area contributed by atoms with Crippen LogP contribution in [0, 0.1) is 6.92 Å². The van der Waals surface area contributed by atoms with Gasteiger partial charge in [0.15, 0.2) is 0 Å². The first-order valence-electron chi connectivity index (χ1n) is 10.4. The standard InChI is InChI=1S/C22H27ClN4O3/c1-14-25-12-16(13-26-14)18(22(29)30)9-8-17(28)6-2-3-7-20-19(23)11-15-5-4-10-24-21(15)27-20/h11-13,18H,2-10H2,1H3,(H,24,27)(H,29,30)/t18-/m0/s1. The maximum Gasteiger partial charge on any atom is 0.311 e. The number of ketones is 1. The number of carbonyl (C=O) groups is 2. The van der Waals surface area contributed by atoms with Gasteiger partial charge < -0.3 is 10.4 Å². The number of hydrogen-bond donors (Lipinski definition) is 2. The summed E-state index contributed by atoms with van der Waals surface area (Å²) in [6.45, 7) is 2.67. The zero-order valence-corrected chi connectivity index (χ0v) is 17.9. The van der Waals surface area contributed by atoms with Crippen molar-refractivity contribution < 1.29 is 14.7 Å². The molecule has 0 aromatic carbocycles. The van der Waals surface area contributed by atoms with Gasteiger partial charge in [0.05, 0.1) is 16.6 Å². The molecule has 0 amide bonds. The molecule has 0 spiro atoms. The van der Waals surface area contributed by atoms with E-state index >= 15 is 0 Å². The second kappa shape index (κ2) is 10.5. The summed E-state index contributed by atoms with van der Waals surface area (Å²) in [7, 11) is 0. The predicted octanol–water partition coefficient (Wildman–Crippen LogP) is 4.12. The summed E-state index contributed by atoms with van der Waals surface area (Å²) in [6.07, 6.45) is 8.31. The van der Waals surface area contributed by atoms with E-state index in [1.54, 1.807) is 6.92 Å². The van der Waals surface area contributed by atoms with E-state index in [2.05, 4.69) is 20.3 Å². The topological polar surface area (TPSA) is 105 Å². The molecule has 0 aliphatic carbocycles. The van der Waals surface area contributed by atoms with Crippen molar-refractivity contribution in [1.82, 2.24) is 15.0 Å². The molecule has 3 heterocycles. The van der Waals surface area contributed by atoms with E-state index in [9.17, 15) is 14.7 Å². The number of fused-ring (bicyclic) bond motifs is 1. The van der Waals surface area contributed by atoms with Crippen LogP contribution in [-0.4, -0.2) is 38.4 Å². The number of carboxylic acid groups (broad SMARTS) is 1. The van der Waals surface area contributed by atoms with Gasteiger partial charge in [-0.25, -0.2) is 15.0 Å². The Labute approximate surface area is 181 Å². The third-order valence-corrected chi connectivity index (χ3v) is 5.70. The lowest BCUT2D eigenvalue weighted by Crippen LogP contribution is -2.14. The van der Waals surface area contributed by atoms with Crippen LogP contribution in [0.1, 0.15) is 67.1 Å². The van der Waals surface area contributed by atoms with Crippen LogP contribution in [0.3, 0.4) is 0 Å². The van der Waals surface area contributed by atoms with E-state index in [-0.39, 0.29) is 18.6 Å². The number of unbranched alkanes of at least 4 members (excludes halogenated alkanes) is 1. The molecule has 3 rings (SSSR count). The molecule has 2 aromatic heterocycles. The third kappa shape index (κ3) is 5.98. The van der Waals surface area contributed by atoms with Gasteiger partial charge >= 0.3 is 5.97 Å². The summed E-state index contributed by atoms with van der Waals surface area (Å²) in [5.74, 6) is -0.141. The molecule has 2 N–H and O–H groups in total. The summed E-state index contributed by atoms with van der Waals surface area (Å²) in [4.78, 5) is 36.6. The van der Waals surface area contributed by atoms with Gasteiger partial charge in [-0.05, 0) is 57.1 Å². The Balaban J connectivity index is 1.43. The summed E-state index contributed by atoms with van der Waals surface area (Å²) < 4.78 is 0. The number of nitrogens with one attached hydrogen (secondary N) is 1. The molecule has 7 nitrogen and oxygen atoms in total. The first kappa shape index (κ1) is 22.2. The summed E-state index contributed by atoms with van der Waals surface area (Å²) in [5, 5.41) is 13.5. The zero-order valence-electron chi connectivity index (χ0n) is 17.2. The smallest absolute Gasteiger partial charge is 0.311 e. The van der Waals surface area contributed by atoms with E-state index in [1.165, 1.54) is 12.4 Å². The van der Waals surface area contributed by atoms with E-state index in [1.807, 2.05) is 6.07 Å². The summed E-state index contributed by atoms with van der Waals surface area (Å²) in [6, 6.07) is 2.00. The number of aliphatic carboxylic acids is 1. The highest BCUT2D eigenvalue weighted by atomic mass is 35.5. The molecule has 2 aromatic rings. The van der Waals surface area contributed by atoms with Crippen molar-refractivity contribution in [3.05, 3.63) is 46.1 Å². The minimum absolute atomic E-state index is 0.0699. The Morgan fingerprint density at radius 3 is 2.73 bits per heavy atom. The van der Waals surface area contributed by atoms with Gasteiger partial charge in [0.25, 0.3) is 0 Å². The number of aromatic nitrogens is 3. The van der Waals surface area contributed by atoms with Crippen molar-refractivity contribution in [3.63, 3.8) is 0 Å². The molecule has 1 aliphatic heterocycles. The Bertz CT molecular complexity index is 902. The van der Waals surface area contributed by atoms with Crippen LogP contribution in [0.2, 0.25) is 5.02 Å². The fourth-order valence-corrected chi connectivity index (χ4v) is 3.90. The number of aryl methyl sites for hydroxylation is 3. The fourth-order valence-electron chi connectivity index (χ4n) is 3.63. The fraction of sp³-hybridized carbons (Fsp3) is 0.500. The average Bonchev–Trinajstić information content (AvgIpc) is 2.72. The number of halogens is 1. The molecule has 30 heavy (non-hydrogen) atoms. The van der Waals surface area contributed by atoms with Gasteiger partial charge in [-0.3, -0.25) is 9.59 Å². The monoisotopic (exact) mass is 430 g/mol. The molecule has 8 heteroatoms. The highest BCUT2D eigenvalue weighted by Gasteiger charge is 2.21. The molecule has 0 bridgehead atoms. The van der Waals surface area contributed by atoms with Gasteiger partial charge in [-0.1, -0.05) is 11.6 Å². The predicted molar refractivity (Wildman–Crippen MR) is 115 cm³/mol. The van der Waals surface area contributed by atoms with E-state index in [4.69, 9.17) is 11.6 Å². The minimum Gasteiger partial charge on any atom is -0.481 e. The van der Waals surface area contributed by atoms with Crippen molar-refractivity contribution >= 4 is 29.2 Å². The van der Waals surface area contributed by atoms with Gasteiger partial charge in [0.2, 0.25) is 0 Å². The molecule has 0 fully saturated rings. The second-order valence-electron chi connectivity index (χ2n) is 7.69. The molecule has 0 saturated carbocycles. The van der Waals surface area contributed by atoms with Crippen molar-refractivity contribution in [2.45, 2.75) is 64.2 Å². The third-order valence-electron chi connectivity index (χ3n) is 5.38. The Morgan fingerprint density at radius 2 is 2.00 bits per heavy atom. The number of hydrogen-bond acceptors (Lipinski definition) is 6. The minimum atomic E-state index is -0.961. The van der Waals surface area contributed by atoms with Gasteiger partial charge in [-0.15, -0.1) is 0 Å². The van der Waals surface area contributed by atoms with Crippen LogP contribution in [-0.2, 0) is 22.4 Å². The molecule has 0 saturated heterocycles. The number of pyridine rings is 1. The highest BCUT2D eigenvalue weighted by molar-refractivity contribution is 6.31. The first-order chi connectivity index (χ1) is 14.4. The number of rotatable bonds is 10. The lowest BCUT2D eigenvalue weighted by molar-refractivity contribution is -0.139. The quantitative estimate of drug-likeness (QED) is 0.546. The van der Waals surface area contributed by atoms with Crippen LogP contribution in [0.25, 0.3) is 0 Å². The second-order valence-corrected chi connectivity index (χ2v) is 8.10. The van der Waals surface area contributed by atoms with Crippen LogP contribution in [0.15, 0.2) is 18.5 Å². The Hall–Kier alpha value is -2.54. The van der Waals surface area contributed by atoms with E-state index < -0.39 is 11.9 Å². The van der Waals surface area contributed by atoms with Crippen LogP contribution >= 0.6 is 11.6 Å². The molecule has 1 atom stereocenters. The van der Waals surface area contributed by atoms with Crippen molar-refractivity contribution in [2.24, 2.45) is 0 Å². The highest BCUT2D eigenvalue weighted by Crippen LogP contribution is 2.27. The molecule has 0 unspecified atom stereocenters. The normalized spacial score (nSPS) is 13.9. The van der Waals surface area contributed by atoms with Crippen molar-refractivity contribution in [1.29, 1.82) is 0 Å². The van der Waals surface area contributed by atoms with E-state index in [0.29, 0.717) is 22.8 Å². The number of carbonyl (C=O) groups excluding carboxylic acids is 1. The maximum absolute atomic E-state index is 12.2. The number of anilines is 1. The van der Waals surface area contributed by atoms with Gasteiger partial charge in [0, 0.05) is 37.3 Å². The Morgan fingerprint density at radius 1 is 1.23 bits per heavy atom. The lowest BCUT2D eigenvalue weighted by atomic mass is 9.94. The van der Waals surface area contributed by atoms with Crippen LogP contribution in [0.5, 0.6) is 0 Å². The SMILES string of the molecule is Cc1ncc([C@H](CCC(=O)CCCCc2nc3c(cc2Cl)CCCN3)C(=O)O)cn1. The summed E-state index contributed by atoms with van der Waals surface area (Å²) in [5.41, 5.74) is 2.56. The van der Waals surface area contributed by atoms with Crippen LogP contribution in [0.4, 0.5) is 5.82 Å². The van der Waals surface area contributed by atoms with Gasteiger partial charge in [-0.2, -0.15) is 0 Å². The van der Waals surface area contributed by atoms with Crippen LogP contribution < -0.4 is 5.32 Å². The van der Waals surface area contributed by atoms with Crippen molar-refractivity contribution in [3.8, 4) is 0 Å². The average molecular weight is 431 g/mol. The molecule has 0 radical (unpaired) electrons. The summed E-state index contributed by atoms with van der Waals surface area (Å²) >= 11 is 6.36. The lowest BCUT2D eigenvalue weighted by Gasteiger charge is -2.18. The van der Waals surface area contributed by atoms with Crippen molar-refractivity contribution in [2.75, 3.05) is 11.9 Å². The van der Waals surface area contributed by atoms with E-state index in [0.717, 1.165) is 55.7 Å². The zero-order chi connectivity index (χ0) is 21.5. The number of carboxylic acids is 1. The molecular formula is C22H27ClN4O3. The first-order valence-corrected chi connectivity index (χ1v) is 10.8. The largest absolute Gasteiger partial charge is 0.481 e. The Kier molecular flexibility index (Phi) is 7.74.